The minimum absolute atomic E-state index is 0.0741. The maximum absolute atomic E-state index is 12.1. The molecule has 0 saturated heterocycles. The number of carbonyl (C=O) groups is 1. The third-order valence-electron chi connectivity index (χ3n) is 2.97. The fourth-order valence-electron chi connectivity index (χ4n) is 1.73. The molecular formula is C13H14N4O3S. The summed E-state index contributed by atoms with van der Waals surface area (Å²) < 4.78 is 0. The summed E-state index contributed by atoms with van der Waals surface area (Å²) in [5, 5.41) is 16.8. The standard InChI is InChI=1S/C13H14N4O3S/c1-7-8(2)21-13(15-7)16-12(18)9-4-5-11(17(19)20)10(6-9)14-3/h4-6,14H,1-3H3,(H,15,16,18). The van der Waals surface area contributed by atoms with E-state index in [0.717, 1.165) is 10.6 Å². The van der Waals surface area contributed by atoms with E-state index >= 15 is 0 Å². The van der Waals surface area contributed by atoms with Crippen molar-refractivity contribution < 1.29 is 9.72 Å². The highest BCUT2D eigenvalue weighted by atomic mass is 32.1. The van der Waals surface area contributed by atoms with Gasteiger partial charge in [-0.1, -0.05) is 0 Å². The highest BCUT2D eigenvalue weighted by Gasteiger charge is 2.16. The Hall–Kier alpha value is -2.48. The maximum Gasteiger partial charge on any atom is 0.292 e. The van der Waals surface area contributed by atoms with Gasteiger partial charge in [0.05, 0.1) is 10.6 Å². The van der Waals surface area contributed by atoms with Crippen molar-refractivity contribution in [3.05, 3.63) is 44.4 Å². The van der Waals surface area contributed by atoms with Crippen molar-refractivity contribution in [2.24, 2.45) is 0 Å². The smallest absolute Gasteiger partial charge is 0.292 e. The minimum Gasteiger partial charge on any atom is -0.383 e. The van der Waals surface area contributed by atoms with E-state index in [1.807, 2.05) is 13.8 Å². The molecular weight excluding hydrogens is 292 g/mol. The molecule has 0 radical (unpaired) electrons. The van der Waals surface area contributed by atoms with E-state index in [-0.39, 0.29) is 11.6 Å². The lowest BCUT2D eigenvalue weighted by atomic mass is 10.1. The highest BCUT2D eigenvalue weighted by Crippen LogP contribution is 2.26. The summed E-state index contributed by atoms with van der Waals surface area (Å²) in [6, 6.07) is 4.17. The molecule has 0 aliphatic carbocycles. The van der Waals surface area contributed by atoms with Crippen LogP contribution in [0.1, 0.15) is 20.9 Å². The number of hydrogen-bond acceptors (Lipinski definition) is 6. The number of rotatable bonds is 4. The Bertz CT molecular complexity index is 692. The van der Waals surface area contributed by atoms with Gasteiger partial charge in [0.2, 0.25) is 0 Å². The first-order valence-corrected chi connectivity index (χ1v) is 6.95. The van der Waals surface area contributed by atoms with E-state index in [1.54, 1.807) is 7.05 Å². The van der Waals surface area contributed by atoms with Crippen molar-refractivity contribution in [2.75, 3.05) is 17.7 Å². The van der Waals surface area contributed by atoms with Crippen LogP contribution in [0, 0.1) is 24.0 Å². The summed E-state index contributed by atoms with van der Waals surface area (Å²) in [5.74, 6) is -0.352. The summed E-state index contributed by atoms with van der Waals surface area (Å²) >= 11 is 1.39. The van der Waals surface area contributed by atoms with Gasteiger partial charge in [-0.05, 0) is 26.0 Å². The van der Waals surface area contributed by atoms with Crippen LogP contribution in [0.2, 0.25) is 0 Å². The van der Waals surface area contributed by atoms with Gasteiger partial charge in [-0.15, -0.1) is 11.3 Å². The fourth-order valence-corrected chi connectivity index (χ4v) is 2.54. The SMILES string of the molecule is CNc1cc(C(=O)Nc2nc(C)c(C)s2)ccc1[N+](=O)[O-]. The molecule has 0 atom stereocenters. The van der Waals surface area contributed by atoms with Crippen molar-refractivity contribution in [3.8, 4) is 0 Å². The van der Waals surface area contributed by atoms with Crippen LogP contribution in [-0.2, 0) is 0 Å². The van der Waals surface area contributed by atoms with Crippen LogP contribution in [-0.4, -0.2) is 22.9 Å². The zero-order valence-electron chi connectivity index (χ0n) is 11.8. The lowest BCUT2D eigenvalue weighted by molar-refractivity contribution is -0.383. The van der Waals surface area contributed by atoms with E-state index in [9.17, 15) is 14.9 Å². The lowest BCUT2D eigenvalue weighted by Crippen LogP contribution is -2.12. The second kappa shape index (κ2) is 5.88. The first-order valence-electron chi connectivity index (χ1n) is 6.14. The van der Waals surface area contributed by atoms with E-state index in [0.29, 0.717) is 16.4 Å². The number of nitrogens with zero attached hydrogens (tertiary/aromatic N) is 2. The number of nitro benzene ring substituents is 1. The number of benzene rings is 1. The Morgan fingerprint density at radius 2 is 2.10 bits per heavy atom. The predicted octanol–water partition coefficient (Wildman–Crippen LogP) is 2.96. The summed E-state index contributed by atoms with van der Waals surface area (Å²) in [6.07, 6.45) is 0. The number of carbonyl (C=O) groups excluding carboxylic acids is 1. The molecule has 1 aromatic carbocycles. The zero-order valence-corrected chi connectivity index (χ0v) is 12.6. The number of anilines is 2. The number of nitro groups is 1. The molecule has 21 heavy (non-hydrogen) atoms. The van der Waals surface area contributed by atoms with Gasteiger partial charge in [-0.2, -0.15) is 0 Å². The Morgan fingerprint density at radius 1 is 1.38 bits per heavy atom. The molecule has 0 unspecified atom stereocenters. The first kappa shape index (κ1) is 14.9. The van der Waals surface area contributed by atoms with Gasteiger partial charge < -0.3 is 5.32 Å². The summed E-state index contributed by atoms with van der Waals surface area (Å²) in [7, 11) is 1.57. The van der Waals surface area contributed by atoms with Crippen molar-refractivity contribution in [1.82, 2.24) is 4.98 Å². The van der Waals surface area contributed by atoms with Crippen molar-refractivity contribution in [1.29, 1.82) is 0 Å². The fraction of sp³-hybridized carbons (Fsp3) is 0.231. The Morgan fingerprint density at radius 3 is 2.62 bits per heavy atom. The average Bonchev–Trinajstić information content (AvgIpc) is 2.76. The molecule has 0 fully saturated rings. The molecule has 2 N–H and O–H groups in total. The molecule has 1 aromatic heterocycles. The quantitative estimate of drug-likeness (QED) is 0.668. The van der Waals surface area contributed by atoms with Crippen LogP contribution in [0.3, 0.4) is 0 Å². The number of aromatic nitrogens is 1. The molecule has 1 amide bonds. The van der Waals surface area contributed by atoms with E-state index in [4.69, 9.17) is 0 Å². The molecule has 1 heterocycles. The largest absolute Gasteiger partial charge is 0.383 e. The van der Waals surface area contributed by atoms with Crippen molar-refractivity contribution in [3.63, 3.8) is 0 Å². The third kappa shape index (κ3) is 3.16. The Labute approximate surface area is 125 Å². The van der Waals surface area contributed by atoms with Gasteiger partial charge in [0.1, 0.15) is 5.69 Å². The molecule has 0 saturated carbocycles. The van der Waals surface area contributed by atoms with Crippen LogP contribution in [0.25, 0.3) is 0 Å². The van der Waals surface area contributed by atoms with Gasteiger partial charge in [0, 0.05) is 23.6 Å². The second-order valence-corrected chi connectivity index (χ2v) is 5.56. The molecule has 0 bridgehead atoms. The summed E-state index contributed by atoms with van der Waals surface area (Å²) in [4.78, 5) is 27.8. The van der Waals surface area contributed by atoms with Gasteiger partial charge in [-0.25, -0.2) is 4.98 Å². The van der Waals surface area contributed by atoms with Crippen LogP contribution < -0.4 is 10.6 Å². The topological polar surface area (TPSA) is 97.2 Å². The van der Waals surface area contributed by atoms with Gasteiger partial charge in [0.25, 0.3) is 11.6 Å². The first-order chi connectivity index (χ1) is 9.92. The highest BCUT2D eigenvalue weighted by molar-refractivity contribution is 7.15. The molecule has 110 valence electrons. The number of hydrogen-bond donors (Lipinski definition) is 2. The molecule has 2 aromatic rings. The summed E-state index contributed by atoms with van der Waals surface area (Å²) in [5.41, 5.74) is 1.42. The van der Waals surface area contributed by atoms with Gasteiger partial charge in [-0.3, -0.25) is 20.2 Å². The van der Waals surface area contributed by atoms with Crippen LogP contribution in [0.4, 0.5) is 16.5 Å². The number of aryl methyl sites for hydroxylation is 2. The molecule has 8 heteroatoms. The molecule has 0 aliphatic rings. The zero-order chi connectivity index (χ0) is 15.6. The Balaban J connectivity index is 2.25. The summed E-state index contributed by atoms with van der Waals surface area (Å²) in [6.45, 7) is 3.79. The molecule has 0 aliphatic heterocycles. The van der Waals surface area contributed by atoms with Gasteiger partial charge >= 0.3 is 0 Å². The van der Waals surface area contributed by atoms with Crippen molar-refractivity contribution in [2.45, 2.75) is 13.8 Å². The van der Waals surface area contributed by atoms with Crippen LogP contribution in [0.5, 0.6) is 0 Å². The normalized spacial score (nSPS) is 10.2. The van der Waals surface area contributed by atoms with E-state index in [1.165, 1.54) is 29.5 Å². The van der Waals surface area contributed by atoms with Crippen LogP contribution >= 0.6 is 11.3 Å². The monoisotopic (exact) mass is 306 g/mol. The predicted molar refractivity (Wildman–Crippen MR) is 82.2 cm³/mol. The number of thiazole rings is 1. The second-order valence-electron chi connectivity index (χ2n) is 4.35. The van der Waals surface area contributed by atoms with Gasteiger partial charge in [0.15, 0.2) is 5.13 Å². The third-order valence-corrected chi connectivity index (χ3v) is 3.96. The maximum atomic E-state index is 12.1. The lowest BCUT2D eigenvalue weighted by Gasteiger charge is -2.05. The molecule has 0 spiro atoms. The number of amides is 1. The minimum atomic E-state index is -0.499. The Kier molecular flexibility index (Phi) is 4.18. The molecule has 2 rings (SSSR count). The van der Waals surface area contributed by atoms with Crippen LogP contribution in [0.15, 0.2) is 18.2 Å². The number of nitrogens with one attached hydrogen (secondary N) is 2. The average molecular weight is 306 g/mol. The molecule has 7 nitrogen and oxygen atoms in total. The van der Waals surface area contributed by atoms with E-state index < -0.39 is 4.92 Å². The van der Waals surface area contributed by atoms with Crippen molar-refractivity contribution >= 4 is 33.8 Å². The van der Waals surface area contributed by atoms with E-state index in [2.05, 4.69) is 15.6 Å².